The van der Waals surface area contributed by atoms with E-state index in [9.17, 15) is 37.2 Å². The molecule has 7 aromatic heterocycles. The third-order valence-corrected chi connectivity index (χ3v) is 16.9. The molecule has 0 unspecified atom stereocenters. The molecule has 0 fully saturated rings. The zero-order valence-electron chi connectivity index (χ0n) is 40.3. The van der Waals surface area contributed by atoms with Crippen molar-refractivity contribution >= 4 is 124 Å². The van der Waals surface area contributed by atoms with E-state index in [1.54, 1.807) is 70.9 Å². The summed E-state index contributed by atoms with van der Waals surface area (Å²) in [6.45, 7) is 2.27. The van der Waals surface area contributed by atoms with Gasteiger partial charge in [-0.15, -0.1) is 56.7 Å². The fourth-order valence-electron chi connectivity index (χ4n) is 7.45. The minimum Gasteiger partial charge on any atom is -0.455 e. The lowest BCUT2D eigenvalue weighted by molar-refractivity contribution is -0.149. The van der Waals surface area contributed by atoms with Gasteiger partial charge in [-0.3, -0.25) is 38.8 Å². The molecule has 5 amide bonds. The van der Waals surface area contributed by atoms with Crippen LogP contribution in [0.25, 0.3) is 43.4 Å². The Hall–Kier alpha value is -7.32. The van der Waals surface area contributed by atoms with Crippen molar-refractivity contribution in [3.05, 3.63) is 106 Å². The third kappa shape index (κ3) is 12.3. The first kappa shape index (κ1) is 53.5. The Bertz CT molecular complexity index is 3640. The molecule has 0 saturated carbocycles. The average molecular weight is 1160 g/mol. The number of sulfonamides is 1. The Morgan fingerprint density at radius 2 is 1.47 bits per heavy atom. The maximum Gasteiger partial charge on any atom is 0.303 e. The highest BCUT2D eigenvalue weighted by atomic mass is 32.2. The smallest absolute Gasteiger partial charge is 0.303 e. The highest BCUT2D eigenvalue weighted by Gasteiger charge is 2.34. The van der Waals surface area contributed by atoms with Crippen LogP contribution in [0.2, 0.25) is 0 Å². The van der Waals surface area contributed by atoms with Crippen molar-refractivity contribution in [1.29, 1.82) is 0 Å². The number of esters is 1. The molecule has 76 heavy (non-hydrogen) atoms. The Kier molecular flexibility index (Phi) is 16.1. The number of amides is 5. The number of ether oxygens (including phenoxy) is 2. The summed E-state index contributed by atoms with van der Waals surface area (Å²) in [6.07, 6.45) is -0.307. The van der Waals surface area contributed by atoms with E-state index in [0.29, 0.717) is 63.7 Å². The Balaban J connectivity index is 1.15. The van der Waals surface area contributed by atoms with E-state index in [2.05, 4.69) is 46.3 Å². The van der Waals surface area contributed by atoms with Crippen LogP contribution in [0.5, 0.6) is 0 Å². The SMILES string of the molecule is CNC(=O)C[C@@H]1NC(=O)c2csc(n2)-c2ccc(-c3nc(NS(C)(=O)=O)cs3)nc2-c2csc(n2)-c2csc(n2)[C@H]([C@@H](OC(C)=O)c2ccccc2)NC(=O)CNC(=O)c2nc(sc2COC)NC(=O)c2nc1sc2C. The molecule has 0 spiro atoms. The number of fused-ring (bicyclic) bond motifs is 14. The van der Waals surface area contributed by atoms with Gasteiger partial charge in [0.15, 0.2) is 17.1 Å². The third-order valence-electron chi connectivity index (χ3n) is 10.8. The van der Waals surface area contributed by atoms with Gasteiger partial charge in [0.2, 0.25) is 21.8 Å². The fraction of sp³-hybridized carbons (Fsp3) is 0.239. The molecule has 9 rings (SSSR count). The van der Waals surface area contributed by atoms with E-state index in [-0.39, 0.29) is 46.1 Å². The molecule has 3 atom stereocenters. The number of carbonyl (C=O) groups excluding carboxylic acids is 6. The highest BCUT2D eigenvalue weighted by molar-refractivity contribution is 7.92. The number of aromatic nitrogens is 7. The van der Waals surface area contributed by atoms with Crippen LogP contribution in [0.4, 0.5) is 10.9 Å². The van der Waals surface area contributed by atoms with Crippen molar-refractivity contribution in [2.45, 2.75) is 45.1 Å². The fourth-order valence-corrected chi connectivity index (χ4v) is 13.2. The van der Waals surface area contributed by atoms with Crippen molar-refractivity contribution in [2.24, 2.45) is 0 Å². The van der Waals surface area contributed by atoms with Crippen molar-refractivity contribution in [1.82, 2.24) is 56.2 Å². The second-order valence-electron chi connectivity index (χ2n) is 16.4. The summed E-state index contributed by atoms with van der Waals surface area (Å²) < 4.78 is 37.6. The number of benzene rings is 1. The lowest BCUT2D eigenvalue weighted by Gasteiger charge is -2.26. The average Bonchev–Trinajstić information content (AvgIpc) is 4.28. The van der Waals surface area contributed by atoms with Crippen LogP contribution in [0.15, 0.2) is 64.0 Å². The van der Waals surface area contributed by atoms with Crippen LogP contribution in [0, 0.1) is 6.92 Å². The van der Waals surface area contributed by atoms with Gasteiger partial charge in [0.1, 0.15) is 65.2 Å². The Labute approximate surface area is 456 Å². The zero-order valence-corrected chi connectivity index (χ0v) is 46.0. The Morgan fingerprint density at radius 3 is 2.22 bits per heavy atom. The molecular formula is C46H41N13O10S7. The molecule has 0 aliphatic carbocycles. The molecule has 392 valence electrons. The standard InChI is InChI=1S/C46H41N13O10S7/c1-20-33-40(65)58-46-57-35(29(75-46)15-68-4)39(64)48-14-32(62)55-36(37(69-21(2)60)22-9-7-6-8-10-22)45-53-28(18-72-45)43-51-26(16-71-43)34-23(11-12-24(49-34)42-54-30(19-73-42)59-76(5,66)67)41-52-27(17-70-41)38(63)50-25(13-31(61)47-3)44(56-33)74-20/h6-12,16-19,25,36-37,59H,13-15H2,1-5H3,(H,47,61)(H,48,64)(H,50,63)(H,55,62)(H,57,58,65)/t25-,36-,37-/m0/s1. The van der Waals surface area contributed by atoms with E-state index >= 15 is 0 Å². The van der Waals surface area contributed by atoms with Gasteiger partial charge < -0.3 is 30.7 Å². The van der Waals surface area contributed by atoms with Crippen LogP contribution < -0.4 is 31.3 Å². The summed E-state index contributed by atoms with van der Waals surface area (Å²) in [6, 6.07) is 10.1. The molecule has 8 aromatic rings. The van der Waals surface area contributed by atoms with Crippen LogP contribution >= 0.6 is 68.0 Å². The lowest BCUT2D eigenvalue weighted by Crippen LogP contribution is -2.41. The van der Waals surface area contributed by atoms with E-state index in [4.69, 9.17) is 29.4 Å². The quantitative estimate of drug-likeness (QED) is 0.0809. The zero-order chi connectivity index (χ0) is 53.8. The maximum absolute atomic E-state index is 14.1. The molecule has 1 aromatic carbocycles. The molecule has 10 bridgehead atoms. The summed E-state index contributed by atoms with van der Waals surface area (Å²) in [5, 5.41) is 22.0. The van der Waals surface area contributed by atoms with Gasteiger partial charge in [0.25, 0.3) is 17.7 Å². The summed E-state index contributed by atoms with van der Waals surface area (Å²) in [4.78, 5) is 115. The van der Waals surface area contributed by atoms with E-state index in [1.807, 2.05) is 0 Å². The van der Waals surface area contributed by atoms with Crippen LogP contribution in [0.3, 0.4) is 0 Å². The van der Waals surface area contributed by atoms with Crippen molar-refractivity contribution in [3.8, 4) is 43.4 Å². The van der Waals surface area contributed by atoms with E-state index < -0.39 is 70.3 Å². The first-order chi connectivity index (χ1) is 36.4. The van der Waals surface area contributed by atoms with Crippen molar-refractivity contribution in [2.75, 3.05) is 37.0 Å². The number of hydrogen-bond donors (Lipinski definition) is 6. The molecule has 0 radical (unpaired) electrons. The summed E-state index contributed by atoms with van der Waals surface area (Å²) in [7, 11) is -0.766. The topological polar surface area (TPSA) is 317 Å². The number of aryl methyl sites for hydroxylation is 1. The largest absolute Gasteiger partial charge is 0.455 e. The number of hydrogen-bond acceptors (Lipinski definition) is 23. The van der Waals surface area contributed by atoms with E-state index in [0.717, 1.165) is 51.6 Å². The molecule has 6 N–H and O–H groups in total. The summed E-state index contributed by atoms with van der Waals surface area (Å²) in [5.74, 6) is -3.70. The first-order valence-corrected chi connectivity index (χ1v) is 29.4. The minimum absolute atomic E-state index is 0.00130. The van der Waals surface area contributed by atoms with Crippen LogP contribution in [-0.2, 0) is 40.5 Å². The number of nitrogens with one attached hydrogen (secondary N) is 6. The second-order valence-corrected chi connectivity index (χ2v) is 23.9. The molecule has 8 heterocycles. The van der Waals surface area contributed by atoms with E-state index in [1.165, 1.54) is 43.8 Å². The molecular weight excluding hydrogens is 1120 g/mol. The first-order valence-electron chi connectivity index (χ1n) is 22.3. The number of pyridine rings is 1. The molecule has 0 saturated heterocycles. The predicted molar refractivity (Wildman–Crippen MR) is 288 cm³/mol. The van der Waals surface area contributed by atoms with Gasteiger partial charge in [-0.2, -0.15) is 0 Å². The molecule has 23 nitrogen and oxygen atoms in total. The molecule has 1 aliphatic rings. The van der Waals surface area contributed by atoms with Gasteiger partial charge in [0.05, 0.1) is 42.4 Å². The number of methoxy groups -OCH3 is 1. The number of thiazole rings is 6. The van der Waals surface area contributed by atoms with Crippen LogP contribution in [-0.4, -0.2) is 106 Å². The normalized spacial score (nSPS) is 15.7. The number of carbonyl (C=O) groups is 6. The van der Waals surface area contributed by atoms with Gasteiger partial charge in [-0.25, -0.2) is 43.3 Å². The summed E-state index contributed by atoms with van der Waals surface area (Å²) in [5.41, 5.74) is 2.36. The minimum atomic E-state index is -3.63. The number of anilines is 2. The Morgan fingerprint density at radius 1 is 0.750 bits per heavy atom. The van der Waals surface area contributed by atoms with Gasteiger partial charge >= 0.3 is 5.97 Å². The lowest BCUT2D eigenvalue weighted by atomic mass is 10.0. The van der Waals surface area contributed by atoms with Crippen LogP contribution in [0.1, 0.15) is 88.3 Å². The molecule has 1 aliphatic heterocycles. The highest BCUT2D eigenvalue weighted by Crippen LogP contribution is 2.40. The van der Waals surface area contributed by atoms with Crippen molar-refractivity contribution < 1.29 is 46.7 Å². The second kappa shape index (κ2) is 22.9. The van der Waals surface area contributed by atoms with Crippen molar-refractivity contribution in [3.63, 3.8) is 0 Å². The summed E-state index contributed by atoms with van der Waals surface area (Å²) >= 11 is 6.77. The predicted octanol–water partition coefficient (Wildman–Crippen LogP) is 6.38. The van der Waals surface area contributed by atoms with Gasteiger partial charge in [0, 0.05) is 53.0 Å². The maximum atomic E-state index is 14.1. The number of rotatable bonds is 10. The monoisotopic (exact) mass is 1160 g/mol. The van der Waals surface area contributed by atoms with Gasteiger partial charge in [-0.05, 0) is 24.6 Å². The molecule has 30 heteroatoms. The number of nitrogens with zero attached hydrogens (tertiary/aromatic N) is 7. The van der Waals surface area contributed by atoms with Gasteiger partial charge in [-0.1, -0.05) is 41.7 Å².